The standard InChI is InChI=1S/C30H39BN5O2S/c1-3-22-19-36(29(38)24(22)18-21(2)31-23-12-9-7-5-4-6-8-10-13-23)27(28(37)34-30-32-15-17-39-30)26-25-14-11-16-35(25)20-33-26/h3,15,17-18,20,23,27H,1,4-14,16,19H2,2H3,(H,32,34,37)/b21-18+. The molecule has 0 bridgehead atoms. The van der Waals surface area contributed by atoms with Crippen LogP contribution in [0.25, 0.3) is 0 Å². The summed E-state index contributed by atoms with van der Waals surface area (Å²) >= 11 is 1.36. The number of fused-ring (bicyclic) bond motifs is 1. The van der Waals surface area contributed by atoms with Gasteiger partial charge in [0.15, 0.2) is 11.2 Å². The monoisotopic (exact) mass is 544 g/mol. The molecular weight excluding hydrogens is 505 g/mol. The lowest BCUT2D eigenvalue weighted by atomic mass is 9.55. The van der Waals surface area contributed by atoms with Crippen LogP contribution in [0.4, 0.5) is 5.13 Å². The van der Waals surface area contributed by atoms with E-state index in [1.165, 1.54) is 69.1 Å². The average Bonchev–Trinajstić information content (AvgIpc) is 3.72. The summed E-state index contributed by atoms with van der Waals surface area (Å²) in [6, 6.07) is -0.834. The number of thiazole rings is 1. The first-order valence-electron chi connectivity index (χ1n) is 14.5. The number of hydrogen-bond donors (Lipinski definition) is 1. The molecule has 205 valence electrons. The van der Waals surface area contributed by atoms with E-state index in [0.717, 1.165) is 36.1 Å². The average molecular weight is 545 g/mol. The quantitative estimate of drug-likeness (QED) is 0.401. The van der Waals surface area contributed by atoms with Crippen LogP contribution in [0.2, 0.25) is 5.82 Å². The molecule has 1 atom stereocenters. The number of carbonyl (C=O) groups excluding carboxylic acids is 2. The zero-order valence-electron chi connectivity index (χ0n) is 23.0. The molecule has 0 aromatic carbocycles. The second-order valence-corrected chi connectivity index (χ2v) is 11.9. The van der Waals surface area contributed by atoms with Crippen LogP contribution in [-0.4, -0.2) is 45.1 Å². The Balaban J connectivity index is 1.37. The van der Waals surface area contributed by atoms with Crippen molar-refractivity contribution < 1.29 is 9.59 Å². The fourth-order valence-corrected chi connectivity index (χ4v) is 6.76. The highest BCUT2D eigenvalue weighted by atomic mass is 32.1. The minimum absolute atomic E-state index is 0.150. The van der Waals surface area contributed by atoms with E-state index in [1.807, 2.05) is 11.5 Å². The van der Waals surface area contributed by atoms with Crippen LogP contribution in [0.15, 0.2) is 53.3 Å². The van der Waals surface area contributed by atoms with Gasteiger partial charge in [0.05, 0.1) is 12.0 Å². The van der Waals surface area contributed by atoms with Crippen molar-refractivity contribution in [2.24, 2.45) is 0 Å². The molecule has 2 aromatic rings. The molecule has 2 aromatic heterocycles. The largest absolute Gasteiger partial charge is 0.334 e. The van der Waals surface area contributed by atoms with Crippen molar-refractivity contribution in [3.05, 3.63) is 64.6 Å². The van der Waals surface area contributed by atoms with Crippen molar-refractivity contribution >= 4 is 35.6 Å². The second-order valence-electron chi connectivity index (χ2n) is 11.0. The normalized spacial score (nSPS) is 20.2. The lowest BCUT2D eigenvalue weighted by molar-refractivity contribution is -0.134. The third-order valence-corrected chi connectivity index (χ3v) is 8.91. The van der Waals surface area contributed by atoms with Gasteiger partial charge in [-0.2, -0.15) is 0 Å². The molecule has 5 rings (SSSR count). The zero-order chi connectivity index (χ0) is 27.2. The fourth-order valence-electron chi connectivity index (χ4n) is 6.23. The number of rotatable bonds is 8. The molecule has 1 fully saturated rings. The van der Waals surface area contributed by atoms with Crippen LogP contribution in [-0.2, 0) is 22.6 Å². The molecule has 3 aliphatic rings. The van der Waals surface area contributed by atoms with Crippen LogP contribution < -0.4 is 5.32 Å². The third kappa shape index (κ3) is 6.45. The minimum Gasteiger partial charge on any atom is -0.334 e. The number of amides is 2. The topological polar surface area (TPSA) is 80.1 Å². The van der Waals surface area contributed by atoms with E-state index < -0.39 is 6.04 Å². The number of nitrogens with one attached hydrogen (secondary N) is 1. The number of hydrogen-bond acceptors (Lipinski definition) is 5. The van der Waals surface area contributed by atoms with Crippen molar-refractivity contribution in [3.8, 4) is 0 Å². The van der Waals surface area contributed by atoms with Crippen molar-refractivity contribution in [2.45, 2.75) is 96.0 Å². The smallest absolute Gasteiger partial charge is 0.255 e. The maximum absolute atomic E-state index is 14.0. The van der Waals surface area contributed by atoms with Gasteiger partial charge in [0.25, 0.3) is 11.8 Å². The van der Waals surface area contributed by atoms with Crippen LogP contribution in [0.3, 0.4) is 0 Å². The molecule has 1 saturated carbocycles. The fraction of sp³-hybridized carbons (Fsp3) is 0.533. The first-order chi connectivity index (χ1) is 19.0. The Kier molecular flexibility index (Phi) is 9.17. The van der Waals surface area contributed by atoms with Gasteiger partial charge in [0.2, 0.25) is 0 Å². The Morgan fingerprint density at radius 2 is 1.90 bits per heavy atom. The van der Waals surface area contributed by atoms with Crippen molar-refractivity contribution in [1.82, 2.24) is 19.4 Å². The third-order valence-electron chi connectivity index (χ3n) is 8.22. The predicted octanol–water partition coefficient (Wildman–Crippen LogP) is 6.21. The summed E-state index contributed by atoms with van der Waals surface area (Å²) in [6.45, 7) is 7.32. The Labute approximate surface area is 236 Å². The number of nitrogens with zero attached hydrogens (tertiary/aromatic N) is 4. The first kappa shape index (κ1) is 27.6. The lowest BCUT2D eigenvalue weighted by Gasteiger charge is -2.26. The molecule has 39 heavy (non-hydrogen) atoms. The summed E-state index contributed by atoms with van der Waals surface area (Å²) in [7, 11) is 2.36. The predicted molar refractivity (Wildman–Crippen MR) is 158 cm³/mol. The van der Waals surface area contributed by atoms with E-state index in [9.17, 15) is 9.59 Å². The summed E-state index contributed by atoms with van der Waals surface area (Å²) in [4.78, 5) is 38.2. The van der Waals surface area contributed by atoms with E-state index in [4.69, 9.17) is 0 Å². The Bertz CT molecular complexity index is 1240. The number of allylic oxidation sites excluding steroid dienone is 1. The Hall–Kier alpha value is -2.94. The highest BCUT2D eigenvalue weighted by Gasteiger charge is 2.41. The summed E-state index contributed by atoms with van der Waals surface area (Å²) in [5.41, 5.74) is 4.27. The lowest BCUT2D eigenvalue weighted by Crippen LogP contribution is -2.40. The summed E-state index contributed by atoms with van der Waals surface area (Å²) in [5.74, 6) is 0.109. The molecule has 1 aliphatic carbocycles. The minimum atomic E-state index is -0.834. The molecule has 2 amide bonds. The maximum Gasteiger partial charge on any atom is 0.255 e. The number of carbonyl (C=O) groups is 2. The number of aryl methyl sites for hydroxylation is 1. The van der Waals surface area contributed by atoms with Gasteiger partial charge in [-0.05, 0) is 18.4 Å². The van der Waals surface area contributed by atoms with Crippen molar-refractivity contribution in [3.63, 3.8) is 0 Å². The molecule has 9 heteroatoms. The molecule has 0 saturated heterocycles. The number of imidazole rings is 1. The van der Waals surface area contributed by atoms with Crippen LogP contribution in [0, 0.1) is 0 Å². The van der Waals surface area contributed by atoms with Gasteiger partial charge in [-0.1, -0.05) is 89.3 Å². The van der Waals surface area contributed by atoms with Gasteiger partial charge < -0.3 is 9.47 Å². The van der Waals surface area contributed by atoms with E-state index >= 15 is 0 Å². The SMILES string of the molecule is C=CC1=C(/C=C(\C)[B]C2CCCCCCCCC2)C(=O)N(C(C(=O)Nc2nccs2)c2ncn3c2CCC3)C1. The Morgan fingerprint density at radius 1 is 1.15 bits per heavy atom. The van der Waals surface area contributed by atoms with Gasteiger partial charge in [-0.3, -0.25) is 14.9 Å². The molecule has 0 spiro atoms. The van der Waals surface area contributed by atoms with Crippen LogP contribution >= 0.6 is 11.3 Å². The zero-order valence-corrected chi connectivity index (χ0v) is 23.8. The highest BCUT2D eigenvalue weighted by Crippen LogP contribution is 2.35. The van der Waals surface area contributed by atoms with E-state index in [2.05, 4.69) is 40.6 Å². The molecular formula is C30H39BN5O2S. The molecule has 7 nitrogen and oxygen atoms in total. The second kappa shape index (κ2) is 12.9. The highest BCUT2D eigenvalue weighted by molar-refractivity contribution is 7.13. The molecule has 4 heterocycles. The van der Waals surface area contributed by atoms with E-state index in [0.29, 0.717) is 28.8 Å². The number of anilines is 1. The maximum atomic E-state index is 14.0. The van der Waals surface area contributed by atoms with Crippen LogP contribution in [0.1, 0.15) is 88.6 Å². The van der Waals surface area contributed by atoms with Gasteiger partial charge in [-0.15, -0.1) is 16.8 Å². The van der Waals surface area contributed by atoms with Crippen LogP contribution in [0.5, 0.6) is 0 Å². The Morgan fingerprint density at radius 3 is 2.59 bits per heavy atom. The molecule has 1 radical (unpaired) electrons. The van der Waals surface area contributed by atoms with Gasteiger partial charge in [-0.25, -0.2) is 9.97 Å². The van der Waals surface area contributed by atoms with Crippen molar-refractivity contribution in [2.75, 3.05) is 11.9 Å². The molecule has 1 N–H and O–H groups in total. The molecule has 1 unspecified atom stereocenters. The van der Waals surface area contributed by atoms with E-state index in [1.54, 1.807) is 23.5 Å². The van der Waals surface area contributed by atoms with Gasteiger partial charge in [0.1, 0.15) is 7.28 Å². The summed E-state index contributed by atoms with van der Waals surface area (Å²) in [6.07, 6.45) is 20.7. The number of aromatic nitrogens is 3. The summed E-state index contributed by atoms with van der Waals surface area (Å²) < 4.78 is 2.10. The van der Waals surface area contributed by atoms with Crippen molar-refractivity contribution in [1.29, 1.82) is 0 Å². The van der Waals surface area contributed by atoms with E-state index in [-0.39, 0.29) is 11.8 Å². The molecule has 2 aliphatic heterocycles. The van der Waals surface area contributed by atoms with Gasteiger partial charge >= 0.3 is 0 Å². The summed E-state index contributed by atoms with van der Waals surface area (Å²) in [5, 5.41) is 5.25. The van der Waals surface area contributed by atoms with Gasteiger partial charge in [0, 0.05) is 35.9 Å². The first-order valence-corrected chi connectivity index (χ1v) is 15.4.